The second-order valence-corrected chi connectivity index (χ2v) is 11.8. The zero-order valence-corrected chi connectivity index (χ0v) is 20.2. The normalized spacial score (nSPS) is 36.5. The highest BCUT2D eigenvalue weighted by molar-refractivity contribution is 4.98. The minimum Gasteiger partial charge on any atom is -0.317 e. The van der Waals surface area contributed by atoms with E-state index in [0.717, 1.165) is 48.0 Å². The quantitative estimate of drug-likeness (QED) is 0.255. The third kappa shape index (κ3) is 6.96. The van der Waals surface area contributed by atoms with Crippen LogP contribution in [0.25, 0.3) is 0 Å². The van der Waals surface area contributed by atoms with Gasteiger partial charge in [0.2, 0.25) is 0 Å². The highest BCUT2D eigenvalue weighted by Crippen LogP contribution is 2.56. The second kappa shape index (κ2) is 12.2. The van der Waals surface area contributed by atoms with Gasteiger partial charge >= 0.3 is 0 Å². The van der Waals surface area contributed by atoms with E-state index in [4.69, 9.17) is 0 Å². The van der Waals surface area contributed by atoms with Gasteiger partial charge in [-0.1, -0.05) is 58.3 Å². The molecule has 5 rings (SSSR count). The molecule has 0 aromatic heterocycles. The van der Waals surface area contributed by atoms with Crippen LogP contribution in [0.2, 0.25) is 0 Å². The summed E-state index contributed by atoms with van der Waals surface area (Å²) in [4.78, 5) is 0. The Morgan fingerprint density at radius 2 is 1.10 bits per heavy atom. The first-order valence-electron chi connectivity index (χ1n) is 14.2. The highest BCUT2D eigenvalue weighted by atomic mass is 14.9. The summed E-state index contributed by atoms with van der Waals surface area (Å²) in [5, 5.41) is 7.31. The molecule has 174 valence electrons. The van der Waals surface area contributed by atoms with Gasteiger partial charge in [-0.05, 0) is 119 Å². The SMILES string of the molecule is CCNCCCCCC[C@@H]1C[C@@H]1CCCCCCNCC1C2CC3CC(C2)CC1C3. The molecule has 5 fully saturated rings. The van der Waals surface area contributed by atoms with E-state index in [-0.39, 0.29) is 0 Å². The van der Waals surface area contributed by atoms with Gasteiger partial charge in [0, 0.05) is 0 Å². The summed E-state index contributed by atoms with van der Waals surface area (Å²) in [5.74, 6) is 7.71. The van der Waals surface area contributed by atoms with E-state index < -0.39 is 0 Å². The van der Waals surface area contributed by atoms with Gasteiger partial charge in [-0.15, -0.1) is 0 Å². The minimum atomic E-state index is 1.04. The van der Waals surface area contributed by atoms with Crippen LogP contribution in [0, 0.1) is 41.4 Å². The summed E-state index contributed by atoms with van der Waals surface area (Å²) in [7, 11) is 0. The maximum absolute atomic E-state index is 3.87. The lowest BCUT2D eigenvalue weighted by Crippen LogP contribution is -2.48. The predicted octanol–water partition coefficient (Wildman–Crippen LogP) is 6.79. The third-order valence-electron chi connectivity index (χ3n) is 9.48. The predicted molar refractivity (Wildman–Crippen MR) is 130 cm³/mol. The highest BCUT2D eigenvalue weighted by Gasteiger charge is 2.47. The fourth-order valence-electron chi connectivity index (χ4n) is 7.85. The van der Waals surface area contributed by atoms with Crippen molar-refractivity contribution in [1.82, 2.24) is 10.6 Å². The van der Waals surface area contributed by atoms with Gasteiger partial charge in [0.15, 0.2) is 0 Å². The van der Waals surface area contributed by atoms with E-state index in [1.807, 2.05) is 0 Å². The van der Waals surface area contributed by atoms with E-state index in [2.05, 4.69) is 17.6 Å². The van der Waals surface area contributed by atoms with Crippen molar-refractivity contribution in [3.05, 3.63) is 0 Å². The fourth-order valence-corrected chi connectivity index (χ4v) is 7.85. The molecule has 4 bridgehead atoms. The van der Waals surface area contributed by atoms with Gasteiger partial charge in [-0.3, -0.25) is 0 Å². The molecule has 0 radical (unpaired) electrons. The maximum Gasteiger partial charge on any atom is -0.00152 e. The number of hydrogen-bond acceptors (Lipinski definition) is 2. The summed E-state index contributed by atoms with van der Waals surface area (Å²) in [5.41, 5.74) is 0. The molecule has 0 unspecified atom stereocenters. The molecule has 5 aliphatic rings. The lowest BCUT2D eigenvalue weighted by atomic mass is 9.52. The standard InChI is InChI=1S/C28H52N2/c1-2-29-13-9-5-3-7-11-24-20-25(24)12-8-4-6-10-14-30-21-28-26-16-22-15-23(18-26)19-27(28)17-22/h22-30H,2-21H2,1H3/t22?,23?,24-,25+,26?,27?,28?/m1/s1. The van der Waals surface area contributed by atoms with Gasteiger partial charge in [0.25, 0.3) is 0 Å². The molecule has 0 aromatic carbocycles. The zero-order valence-electron chi connectivity index (χ0n) is 20.2. The average molecular weight is 417 g/mol. The first kappa shape index (κ1) is 23.1. The number of nitrogens with one attached hydrogen (secondary N) is 2. The molecule has 0 heterocycles. The molecule has 0 aromatic rings. The van der Waals surface area contributed by atoms with Crippen molar-refractivity contribution in [3.63, 3.8) is 0 Å². The summed E-state index contributed by atoms with van der Waals surface area (Å²) in [6, 6.07) is 0. The molecule has 2 nitrogen and oxygen atoms in total. The molecule has 2 N–H and O–H groups in total. The van der Waals surface area contributed by atoms with Crippen LogP contribution in [-0.4, -0.2) is 26.2 Å². The van der Waals surface area contributed by atoms with Crippen LogP contribution in [0.5, 0.6) is 0 Å². The van der Waals surface area contributed by atoms with Crippen LogP contribution in [0.4, 0.5) is 0 Å². The van der Waals surface area contributed by atoms with Crippen LogP contribution in [0.1, 0.15) is 110 Å². The number of unbranched alkanes of at least 4 members (excludes halogenated alkanes) is 6. The van der Waals surface area contributed by atoms with Gasteiger partial charge in [0.1, 0.15) is 0 Å². The molecule has 0 aliphatic heterocycles. The monoisotopic (exact) mass is 416 g/mol. The van der Waals surface area contributed by atoms with E-state index in [1.165, 1.54) is 83.8 Å². The van der Waals surface area contributed by atoms with E-state index in [9.17, 15) is 0 Å². The Hall–Kier alpha value is -0.0800. The van der Waals surface area contributed by atoms with E-state index >= 15 is 0 Å². The lowest BCUT2D eigenvalue weighted by molar-refractivity contribution is -0.0353. The van der Waals surface area contributed by atoms with E-state index in [1.54, 1.807) is 38.5 Å². The summed E-state index contributed by atoms with van der Waals surface area (Å²) in [6.07, 6.45) is 24.1. The molecule has 0 spiro atoms. The summed E-state index contributed by atoms with van der Waals surface area (Å²) in [6.45, 7) is 7.17. The van der Waals surface area contributed by atoms with Crippen molar-refractivity contribution in [1.29, 1.82) is 0 Å². The molecular weight excluding hydrogens is 364 g/mol. The molecule has 0 amide bonds. The van der Waals surface area contributed by atoms with E-state index in [0.29, 0.717) is 0 Å². The Morgan fingerprint density at radius 3 is 1.67 bits per heavy atom. The summed E-state index contributed by atoms with van der Waals surface area (Å²) < 4.78 is 0. The van der Waals surface area contributed by atoms with Gasteiger partial charge in [-0.25, -0.2) is 0 Å². The van der Waals surface area contributed by atoms with Crippen molar-refractivity contribution in [2.24, 2.45) is 41.4 Å². The van der Waals surface area contributed by atoms with Crippen molar-refractivity contribution >= 4 is 0 Å². The van der Waals surface area contributed by atoms with Crippen LogP contribution in [0.15, 0.2) is 0 Å². The Morgan fingerprint density at radius 1 is 0.567 bits per heavy atom. The van der Waals surface area contributed by atoms with Gasteiger partial charge < -0.3 is 10.6 Å². The maximum atomic E-state index is 3.87. The van der Waals surface area contributed by atoms with Crippen molar-refractivity contribution in [3.8, 4) is 0 Å². The topological polar surface area (TPSA) is 24.1 Å². The minimum absolute atomic E-state index is 1.04. The fraction of sp³-hybridized carbons (Fsp3) is 1.00. The number of rotatable bonds is 17. The van der Waals surface area contributed by atoms with Crippen LogP contribution in [0.3, 0.4) is 0 Å². The van der Waals surface area contributed by atoms with Crippen LogP contribution in [-0.2, 0) is 0 Å². The molecule has 2 atom stereocenters. The molecule has 2 heteroatoms. The Balaban J connectivity index is 0.916. The second-order valence-electron chi connectivity index (χ2n) is 11.8. The largest absolute Gasteiger partial charge is 0.317 e. The van der Waals surface area contributed by atoms with Gasteiger partial charge in [0.05, 0.1) is 0 Å². The smallest absolute Gasteiger partial charge is 0.00152 e. The summed E-state index contributed by atoms with van der Waals surface area (Å²) >= 11 is 0. The Labute approximate surface area is 188 Å². The number of hydrogen-bond donors (Lipinski definition) is 2. The Kier molecular flexibility index (Phi) is 9.42. The molecule has 30 heavy (non-hydrogen) atoms. The molecular formula is C28H52N2. The van der Waals surface area contributed by atoms with Crippen molar-refractivity contribution in [2.45, 2.75) is 110 Å². The molecule has 5 aliphatic carbocycles. The average Bonchev–Trinajstić information content (AvgIpc) is 3.48. The first-order chi connectivity index (χ1) is 14.8. The van der Waals surface area contributed by atoms with Crippen molar-refractivity contribution < 1.29 is 0 Å². The Bertz CT molecular complexity index is 447. The van der Waals surface area contributed by atoms with Crippen LogP contribution < -0.4 is 10.6 Å². The molecule has 5 saturated carbocycles. The lowest BCUT2D eigenvalue weighted by Gasteiger charge is -2.54. The molecule has 0 saturated heterocycles. The van der Waals surface area contributed by atoms with Crippen molar-refractivity contribution in [2.75, 3.05) is 26.2 Å². The van der Waals surface area contributed by atoms with Crippen LogP contribution >= 0.6 is 0 Å². The zero-order chi connectivity index (χ0) is 20.6. The third-order valence-corrected chi connectivity index (χ3v) is 9.48. The van der Waals surface area contributed by atoms with Gasteiger partial charge in [-0.2, -0.15) is 0 Å². The first-order valence-corrected chi connectivity index (χ1v) is 14.2.